The van der Waals surface area contributed by atoms with Crippen molar-refractivity contribution in [3.05, 3.63) is 95.7 Å². The van der Waals surface area contributed by atoms with Crippen LogP contribution < -0.4 is 21.1 Å². The number of hydrogen-bond donors (Lipinski definition) is 4. The third-order valence-corrected chi connectivity index (χ3v) is 5.95. The number of aromatic amines is 1. The van der Waals surface area contributed by atoms with Crippen LogP contribution in [0, 0.1) is 5.82 Å². The summed E-state index contributed by atoms with van der Waals surface area (Å²) in [5.74, 6) is 0.773. The molecule has 0 amide bonds. The Balaban J connectivity index is 1.45. The van der Waals surface area contributed by atoms with Gasteiger partial charge in [-0.2, -0.15) is 4.98 Å². The van der Waals surface area contributed by atoms with Crippen LogP contribution in [0.15, 0.2) is 73.1 Å². The van der Waals surface area contributed by atoms with Crippen molar-refractivity contribution in [3.63, 3.8) is 0 Å². The summed E-state index contributed by atoms with van der Waals surface area (Å²) in [5.41, 5.74) is 9.94. The number of rotatable bonds is 8. The number of H-pyrrole nitrogens is 1. The van der Waals surface area contributed by atoms with E-state index in [0.717, 1.165) is 22.2 Å². The molecule has 5 aromatic rings. The molecule has 0 saturated heterocycles. The maximum absolute atomic E-state index is 15.2. The van der Waals surface area contributed by atoms with E-state index in [1.165, 1.54) is 6.07 Å². The third-order valence-electron chi connectivity index (χ3n) is 5.95. The summed E-state index contributed by atoms with van der Waals surface area (Å²) in [7, 11) is 0. The number of nitrogens with one attached hydrogen (secondary N) is 3. The Hall–Kier alpha value is -4.50. The van der Waals surface area contributed by atoms with Crippen LogP contribution >= 0.6 is 0 Å². The van der Waals surface area contributed by atoms with Gasteiger partial charge in [-0.25, -0.2) is 14.4 Å². The molecule has 0 radical (unpaired) electrons. The minimum Gasteiger partial charge on any atom is -0.453 e. The largest absolute Gasteiger partial charge is 0.453 e. The van der Waals surface area contributed by atoms with Crippen molar-refractivity contribution in [2.75, 3.05) is 11.1 Å². The highest BCUT2D eigenvalue weighted by atomic mass is 19.1. The Morgan fingerprint density at radius 1 is 1.00 bits per heavy atom. The van der Waals surface area contributed by atoms with Gasteiger partial charge in [0.1, 0.15) is 17.2 Å². The predicted molar refractivity (Wildman–Crippen MR) is 148 cm³/mol. The summed E-state index contributed by atoms with van der Waals surface area (Å²) >= 11 is 0. The van der Waals surface area contributed by atoms with Crippen LogP contribution in [0.4, 0.5) is 21.8 Å². The number of hydrogen-bond acceptors (Lipinski definition) is 7. The molecule has 194 valence electrons. The molecule has 0 spiro atoms. The molecular formula is C29H30FN7O. The lowest BCUT2D eigenvalue weighted by Crippen LogP contribution is -2.35. The lowest BCUT2D eigenvalue weighted by molar-refractivity contribution is 0.420. The van der Waals surface area contributed by atoms with E-state index in [-0.39, 0.29) is 17.2 Å². The van der Waals surface area contributed by atoms with Gasteiger partial charge < -0.3 is 26.1 Å². The molecule has 8 nitrogen and oxygen atoms in total. The lowest BCUT2D eigenvalue weighted by Gasteiger charge is -2.22. The Labute approximate surface area is 220 Å². The highest BCUT2D eigenvalue weighted by Crippen LogP contribution is 2.32. The van der Waals surface area contributed by atoms with Crippen molar-refractivity contribution in [1.82, 2.24) is 25.3 Å². The normalized spacial score (nSPS) is 11.6. The Morgan fingerprint density at radius 2 is 1.82 bits per heavy atom. The minimum absolute atomic E-state index is 0.103. The second-order valence-electron chi connectivity index (χ2n) is 10.0. The van der Waals surface area contributed by atoms with E-state index >= 15 is 4.39 Å². The first-order valence-electron chi connectivity index (χ1n) is 12.4. The quantitative estimate of drug-likeness (QED) is 0.199. The number of nitrogen functional groups attached to an aromatic ring is 1. The van der Waals surface area contributed by atoms with Crippen LogP contribution in [-0.4, -0.2) is 25.5 Å². The zero-order valence-corrected chi connectivity index (χ0v) is 21.5. The van der Waals surface area contributed by atoms with Gasteiger partial charge in [-0.3, -0.25) is 0 Å². The third kappa shape index (κ3) is 5.90. The van der Waals surface area contributed by atoms with Crippen molar-refractivity contribution >= 4 is 28.5 Å². The molecule has 3 heterocycles. The van der Waals surface area contributed by atoms with E-state index in [0.29, 0.717) is 35.9 Å². The fraction of sp³-hybridized carbons (Fsp3) is 0.207. The standard InChI is InChI=1S/C29H30FN7O/c1-29(2,3)34-17-23-21(15-18-7-5-4-6-8-18)27(37-28(31)36-23)35-19-9-10-25(22(30)16-19)38-24-12-14-33-26-20(24)11-13-32-26/h4-14,16,34H,15,17H2,1-3H3,(H,32,33)(H3,31,35,36,37). The van der Waals surface area contributed by atoms with Gasteiger partial charge in [-0.05, 0) is 50.6 Å². The monoisotopic (exact) mass is 511 g/mol. The molecule has 3 aromatic heterocycles. The number of pyridine rings is 1. The molecule has 5 N–H and O–H groups in total. The first kappa shape index (κ1) is 25.2. The van der Waals surface area contributed by atoms with Gasteiger partial charge in [0.05, 0.1) is 11.1 Å². The molecular weight excluding hydrogens is 481 g/mol. The summed E-state index contributed by atoms with van der Waals surface area (Å²) in [6.45, 7) is 6.78. The summed E-state index contributed by atoms with van der Waals surface area (Å²) in [5, 5.41) is 7.51. The molecule has 0 aliphatic rings. The van der Waals surface area contributed by atoms with Crippen molar-refractivity contribution < 1.29 is 9.13 Å². The summed E-state index contributed by atoms with van der Waals surface area (Å²) in [4.78, 5) is 16.3. The van der Waals surface area contributed by atoms with E-state index in [1.807, 2.05) is 36.4 Å². The lowest BCUT2D eigenvalue weighted by atomic mass is 10.0. The maximum Gasteiger partial charge on any atom is 0.222 e. The number of fused-ring (bicyclic) bond motifs is 1. The van der Waals surface area contributed by atoms with Crippen molar-refractivity contribution in [3.8, 4) is 11.5 Å². The fourth-order valence-corrected chi connectivity index (χ4v) is 4.07. The van der Waals surface area contributed by atoms with Crippen molar-refractivity contribution in [1.29, 1.82) is 0 Å². The highest BCUT2D eigenvalue weighted by Gasteiger charge is 2.18. The molecule has 0 aliphatic heterocycles. The van der Waals surface area contributed by atoms with Gasteiger partial charge in [0.2, 0.25) is 5.95 Å². The van der Waals surface area contributed by atoms with E-state index < -0.39 is 5.82 Å². The summed E-state index contributed by atoms with van der Waals surface area (Å²) in [6, 6.07) is 18.3. The van der Waals surface area contributed by atoms with Gasteiger partial charge in [-0.1, -0.05) is 30.3 Å². The van der Waals surface area contributed by atoms with Crippen LogP contribution in [0.1, 0.15) is 37.6 Å². The molecule has 0 atom stereocenters. The van der Waals surface area contributed by atoms with Crippen LogP contribution in [0.2, 0.25) is 0 Å². The number of aromatic nitrogens is 4. The highest BCUT2D eigenvalue weighted by molar-refractivity contribution is 5.82. The van der Waals surface area contributed by atoms with Gasteiger partial charge in [0.15, 0.2) is 11.6 Å². The molecule has 2 aromatic carbocycles. The van der Waals surface area contributed by atoms with Crippen molar-refractivity contribution in [2.45, 2.75) is 39.3 Å². The van der Waals surface area contributed by atoms with Gasteiger partial charge in [0, 0.05) is 48.2 Å². The van der Waals surface area contributed by atoms with Crippen LogP contribution in [0.5, 0.6) is 11.5 Å². The van der Waals surface area contributed by atoms with Gasteiger partial charge in [0.25, 0.3) is 0 Å². The topological polar surface area (TPSA) is 114 Å². The summed E-state index contributed by atoms with van der Waals surface area (Å²) < 4.78 is 21.0. The minimum atomic E-state index is -0.517. The average Bonchev–Trinajstić information content (AvgIpc) is 3.36. The number of benzene rings is 2. The van der Waals surface area contributed by atoms with Gasteiger partial charge >= 0.3 is 0 Å². The maximum atomic E-state index is 15.2. The number of ether oxygens (including phenoxy) is 1. The average molecular weight is 512 g/mol. The molecule has 0 saturated carbocycles. The Bertz CT molecular complexity index is 1560. The molecule has 0 fully saturated rings. The molecule has 38 heavy (non-hydrogen) atoms. The number of halogens is 1. The van der Waals surface area contributed by atoms with Crippen molar-refractivity contribution in [2.24, 2.45) is 0 Å². The predicted octanol–water partition coefficient (Wildman–Crippen LogP) is 6.09. The smallest absolute Gasteiger partial charge is 0.222 e. The first-order valence-corrected chi connectivity index (χ1v) is 12.4. The van der Waals surface area contributed by atoms with Gasteiger partial charge in [-0.15, -0.1) is 0 Å². The van der Waals surface area contributed by atoms with E-state index in [4.69, 9.17) is 10.5 Å². The van der Waals surface area contributed by atoms with E-state index in [2.05, 4.69) is 51.3 Å². The first-order chi connectivity index (χ1) is 18.2. The van der Waals surface area contributed by atoms with Crippen LogP contribution in [0.25, 0.3) is 11.0 Å². The van der Waals surface area contributed by atoms with Crippen LogP contribution in [-0.2, 0) is 13.0 Å². The fourth-order valence-electron chi connectivity index (χ4n) is 4.07. The zero-order chi connectivity index (χ0) is 26.7. The molecule has 0 unspecified atom stereocenters. The SMILES string of the molecule is CC(C)(C)NCc1nc(N)nc(Nc2ccc(Oc3ccnc4[nH]ccc34)c(F)c2)c1Cc1ccccc1. The number of anilines is 3. The molecule has 9 heteroatoms. The Morgan fingerprint density at radius 3 is 2.58 bits per heavy atom. The second-order valence-corrected chi connectivity index (χ2v) is 10.0. The number of nitrogens with two attached hydrogens (primary N) is 1. The second kappa shape index (κ2) is 10.5. The van der Waals surface area contributed by atoms with E-state index in [1.54, 1.807) is 30.6 Å². The summed E-state index contributed by atoms with van der Waals surface area (Å²) in [6.07, 6.45) is 3.96. The van der Waals surface area contributed by atoms with E-state index in [9.17, 15) is 0 Å². The molecule has 0 aliphatic carbocycles. The zero-order valence-electron chi connectivity index (χ0n) is 21.5. The molecule has 0 bridgehead atoms. The molecule has 5 rings (SSSR count). The van der Waals surface area contributed by atoms with Crippen LogP contribution in [0.3, 0.4) is 0 Å². The Kier molecular flexibility index (Phi) is 6.93. The number of nitrogens with zero attached hydrogens (tertiary/aromatic N) is 3.